The number of nitrogens with one attached hydrogen (secondary N) is 1. The molecule has 32 heavy (non-hydrogen) atoms. The third-order valence-corrected chi connectivity index (χ3v) is 5.15. The second kappa shape index (κ2) is 8.85. The quantitative estimate of drug-likeness (QED) is 0.577. The van der Waals surface area contributed by atoms with Gasteiger partial charge in [-0.1, -0.05) is 30.3 Å². The minimum Gasteiger partial charge on any atom is -0.444 e. The summed E-state index contributed by atoms with van der Waals surface area (Å²) in [4.78, 5) is 26.5. The summed E-state index contributed by atoms with van der Waals surface area (Å²) in [5, 5.41) is 2.80. The zero-order valence-corrected chi connectivity index (χ0v) is 20.1. The highest BCUT2D eigenvalue weighted by Crippen LogP contribution is 2.34. The fraction of sp³-hybridized carbons (Fsp3) is 0.462. The van der Waals surface area contributed by atoms with E-state index in [0.29, 0.717) is 12.2 Å². The van der Waals surface area contributed by atoms with Gasteiger partial charge in [-0.25, -0.2) is 9.59 Å². The topological polar surface area (TPSA) is 67.9 Å². The number of nitrogens with zero attached hydrogens (tertiary/aromatic N) is 1. The molecular weight excluding hydrogens is 404 g/mol. The first-order valence-corrected chi connectivity index (χ1v) is 11.1. The number of hydrogen-bond donors (Lipinski definition) is 1. The van der Waals surface area contributed by atoms with E-state index in [1.54, 1.807) is 4.90 Å². The molecule has 2 aromatic carbocycles. The number of hydrogen-bond acceptors (Lipinski definition) is 4. The van der Waals surface area contributed by atoms with Gasteiger partial charge in [0, 0.05) is 12.2 Å². The van der Waals surface area contributed by atoms with Crippen molar-refractivity contribution in [2.24, 2.45) is 0 Å². The van der Waals surface area contributed by atoms with Crippen molar-refractivity contribution in [3.05, 3.63) is 53.6 Å². The summed E-state index contributed by atoms with van der Waals surface area (Å²) in [6, 6.07) is 14.0. The van der Waals surface area contributed by atoms with Crippen LogP contribution in [0.5, 0.6) is 0 Å². The van der Waals surface area contributed by atoms with Gasteiger partial charge in [0.2, 0.25) is 0 Å². The van der Waals surface area contributed by atoms with E-state index in [1.165, 1.54) is 5.56 Å². The van der Waals surface area contributed by atoms with Crippen LogP contribution in [0, 0.1) is 0 Å². The summed E-state index contributed by atoms with van der Waals surface area (Å²) in [5.74, 6) is 0. The molecule has 6 nitrogen and oxygen atoms in total. The third-order valence-electron chi connectivity index (χ3n) is 5.15. The van der Waals surface area contributed by atoms with Crippen LogP contribution in [-0.2, 0) is 15.9 Å². The van der Waals surface area contributed by atoms with Crippen LogP contribution in [-0.4, -0.2) is 34.8 Å². The molecule has 2 aromatic rings. The maximum atomic E-state index is 12.6. The number of anilines is 1. The van der Waals surface area contributed by atoms with Gasteiger partial charge in [0.25, 0.3) is 0 Å². The predicted octanol–water partition coefficient (Wildman–Crippen LogP) is 6.55. The summed E-state index contributed by atoms with van der Waals surface area (Å²) >= 11 is 0. The van der Waals surface area contributed by atoms with Crippen LogP contribution in [0.2, 0.25) is 0 Å². The highest BCUT2D eigenvalue weighted by Gasteiger charge is 2.31. The molecule has 0 bridgehead atoms. The predicted molar refractivity (Wildman–Crippen MR) is 127 cm³/mol. The third kappa shape index (κ3) is 6.02. The molecule has 0 saturated heterocycles. The van der Waals surface area contributed by atoms with E-state index < -0.39 is 17.3 Å². The lowest BCUT2D eigenvalue weighted by molar-refractivity contribution is 0.0159. The number of rotatable bonds is 2. The lowest BCUT2D eigenvalue weighted by Crippen LogP contribution is -2.42. The Morgan fingerprint density at radius 2 is 1.59 bits per heavy atom. The Morgan fingerprint density at radius 3 is 2.25 bits per heavy atom. The molecule has 0 aromatic heterocycles. The molecule has 0 spiro atoms. The number of ether oxygens (including phenoxy) is 2. The summed E-state index contributed by atoms with van der Waals surface area (Å²) in [6.07, 6.45) is 0.0135. The van der Waals surface area contributed by atoms with E-state index in [0.717, 1.165) is 23.1 Å². The number of benzene rings is 2. The van der Waals surface area contributed by atoms with E-state index in [1.807, 2.05) is 72.7 Å². The van der Waals surface area contributed by atoms with Gasteiger partial charge in [0.05, 0.1) is 6.04 Å². The van der Waals surface area contributed by atoms with E-state index in [9.17, 15) is 9.59 Å². The first-order valence-electron chi connectivity index (χ1n) is 11.1. The zero-order valence-electron chi connectivity index (χ0n) is 20.1. The van der Waals surface area contributed by atoms with Gasteiger partial charge in [-0.05, 0) is 89.3 Å². The molecular formula is C26H34N2O4. The Hall–Kier alpha value is -3.02. The Labute approximate surface area is 190 Å². The van der Waals surface area contributed by atoms with Crippen molar-refractivity contribution in [1.82, 2.24) is 4.90 Å². The van der Waals surface area contributed by atoms with Crippen LogP contribution in [0.4, 0.5) is 15.3 Å². The largest absolute Gasteiger partial charge is 0.444 e. The van der Waals surface area contributed by atoms with Gasteiger partial charge in [0.1, 0.15) is 11.2 Å². The smallest absolute Gasteiger partial charge is 0.412 e. The first kappa shape index (κ1) is 23.6. The standard InChI is InChI=1S/C26H34N2O4/c1-17-22-12-11-19(15-20(22)13-14-28(17)24(30)32-26(5,6)7)18-9-8-10-21(16-18)27-23(29)31-25(2,3)4/h8-12,15-17H,13-14H2,1-7H3,(H,27,29). The second-order valence-electron chi connectivity index (χ2n) is 10.2. The van der Waals surface area contributed by atoms with Crippen molar-refractivity contribution < 1.29 is 19.1 Å². The Balaban J connectivity index is 1.77. The minimum atomic E-state index is -0.552. The second-order valence-corrected chi connectivity index (χ2v) is 10.2. The molecule has 0 aliphatic carbocycles. The molecule has 0 radical (unpaired) electrons. The molecule has 3 rings (SSSR count). The average Bonchev–Trinajstić information content (AvgIpc) is 2.65. The van der Waals surface area contributed by atoms with Gasteiger partial charge in [0.15, 0.2) is 0 Å². The van der Waals surface area contributed by atoms with Crippen molar-refractivity contribution in [3.63, 3.8) is 0 Å². The molecule has 0 saturated carbocycles. The Morgan fingerprint density at radius 1 is 0.938 bits per heavy atom. The highest BCUT2D eigenvalue weighted by molar-refractivity contribution is 5.86. The molecule has 0 fully saturated rings. The van der Waals surface area contributed by atoms with E-state index in [4.69, 9.17) is 9.47 Å². The summed E-state index contributed by atoms with van der Waals surface area (Å²) in [5.41, 5.74) is 4.04. The molecule has 1 N–H and O–H groups in total. The maximum Gasteiger partial charge on any atom is 0.412 e. The highest BCUT2D eigenvalue weighted by atomic mass is 16.6. The SMILES string of the molecule is CC1c2ccc(-c3cccc(NC(=O)OC(C)(C)C)c3)cc2CCN1C(=O)OC(C)(C)C. The normalized spacial score (nSPS) is 16.2. The first-order chi connectivity index (χ1) is 14.8. The van der Waals surface area contributed by atoms with Crippen molar-refractivity contribution in [1.29, 1.82) is 0 Å². The summed E-state index contributed by atoms with van der Waals surface area (Å²) in [6.45, 7) is 13.8. The fourth-order valence-corrected chi connectivity index (χ4v) is 3.78. The summed E-state index contributed by atoms with van der Waals surface area (Å²) < 4.78 is 10.9. The van der Waals surface area contributed by atoms with Crippen molar-refractivity contribution in [3.8, 4) is 11.1 Å². The van der Waals surface area contributed by atoms with Gasteiger partial charge in [-0.15, -0.1) is 0 Å². The van der Waals surface area contributed by atoms with Crippen LogP contribution in [0.1, 0.15) is 65.6 Å². The monoisotopic (exact) mass is 438 g/mol. The lowest BCUT2D eigenvalue weighted by Gasteiger charge is -2.36. The lowest BCUT2D eigenvalue weighted by atomic mass is 9.90. The van der Waals surface area contributed by atoms with E-state index >= 15 is 0 Å². The Kier molecular flexibility index (Phi) is 6.54. The Bertz CT molecular complexity index is 1000. The average molecular weight is 439 g/mol. The number of carbonyl (C=O) groups is 2. The summed E-state index contributed by atoms with van der Waals surface area (Å²) in [7, 11) is 0. The molecule has 1 aliphatic heterocycles. The number of carbonyl (C=O) groups excluding carboxylic acids is 2. The van der Waals surface area contributed by atoms with Crippen molar-refractivity contribution >= 4 is 17.9 Å². The van der Waals surface area contributed by atoms with Gasteiger partial charge >= 0.3 is 12.2 Å². The zero-order chi connectivity index (χ0) is 23.7. The molecule has 1 heterocycles. The molecule has 1 atom stereocenters. The number of amides is 2. The van der Waals surface area contributed by atoms with Crippen LogP contribution in [0.25, 0.3) is 11.1 Å². The maximum absolute atomic E-state index is 12.6. The van der Waals surface area contributed by atoms with Crippen LogP contribution >= 0.6 is 0 Å². The number of fused-ring (bicyclic) bond motifs is 1. The van der Waals surface area contributed by atoms with Crippen molar-refractivity contribution in [2.45, 2.75) is 72.1 Å². The minimum absolute atomic E-state index is 0.0529. The van der Waals surface area contributed by atoms with E-state index in [2.05, 4.69) is 23.5 Å². The molecule has 1 unspecified atom stereocenters. The molecule has 172 valence electrons. The van der Waals surface area contributed by atoms with Crippen LogP contribution < -0.4 is 5.32 Å². The van der Waals surface area contributed by atoms with Crippen molar-refractivity contribution in [2.75, 3.05) is 11.9 Å². The van der Waals surface area contributed by atoms with Gasteiger partial charge in [-0.2, -0.15) is 0 Å². The van der Waals surface area contributed by atoms with Gasteiger partial charge < -0.3 is 14.4 Å². The molecule has 1 aliphatic rings. The van der Waals surface area contributed by atoms with Crippen LogP contribution in [0.15, 0.2) is 42.5 Å². The fourth-order valence-electron chi connectivity index (χ4n) is 3.78. The molecule has 6 heteroatoms. The van der Waals surface area contributed by atoms with E-state index in [-0.39, 0.29) is 12.1 Å². The van der Waals surface area contributed by atoms with Crippen LogP contribution in [0.3, 0.4) is 0 Å². The molecule has 2 amide bonds. The van der Waals surface area contributed by atoms with Gasteiger partial charge in [-0.3, -0.25) is 5.32 Å².